The van der Waals surface area contributed by atoms with E-state index in [1.54, 1.807) is 0 Å². The molecule has 0 heterocycles. The molecule has 114 valence electrons. The summed E-state index contributed by atoms with van der Waals surface area (Å²) in [4.78, 5) is 14.0. The highest BCUT2D eigenvalue weighted by atomic mass is 35.5. The first kappa shape index (κ1) is 18.9. The summed E-state index contributed by atoms with van der Waals surface area (Å²) in [7, 11) is 4.07. The van der Waals surface area contributed by atoms with Gasteiger partial charge in [0.1, 0.15) is 0 Å². The number of amides is 1. The van der Waals surface area contributed by atoms with E-state index in [0.717, 1.165) is 25.1 Å². The molecule has 0 spiro atoms. The minimum Gasteiger partial charge on any atom is -0.352 e. The van der Waals surface area contributed by atoms with Crippen LogP contribution in [0.15, 0.2) is 24.3 Å². The van der Waals surface area contributed by atoms with Crippen LogP contribution in [0.3, 0.4) is 0 Å². The largest absolute Gasteiger partial charge is 0.352 e. The van der Waals surface area contributed by atoms with E-state index in [4.69, 9.17) is 0 Å². The molecule has 0 atom stereocenters. The topological polar surface area (TPSA) is 32.3 Å². The zero-order valence-electron chi connectivity index (χ0n) is 13.2. The van der Waals surface area contributed by atoms with Crippen LogP contribution in [-0.4, -0.2) is 38.0 Å². The molecule has 0 aliphatic heterocycles. The maximum atomic E-state index is 11.9. The van der Waals surface area contributed by atoms with Crippen LogP contribution in [0.1, 0.15) is 43.1 Å². The van der Waals surface area contributed by atoms with Gasteiger partial charge in [-0.2, -0.15) is 0 Å². The number of carbonyl (C=O) groups excluding carboxylic acids is 1. The second-order valence-electron chi connectivity index (χ2n) is 6.24. The lowest BCUT2D eigenvalue weighted by Crippen LogP contribution is -2.27. The molecule has 1 N–H and O–H groups in total. The summed E-state index contributed by atoms with van der Waals surface area (Å²) in [6.45, 7) is 8.22. The van der Waals surface area contributed by atoms with E-state index in [1.807, 2.05) is 38.4 Å². The molecule has 4 heteroatoms. The summed E-state index contributed by atoms with van der Waals surface area (Å²) in [5.74, 6) is 0.0132. The quantitative estimate of drug-likeness (QED) is 0.847. The maximum absolute atomic E-state index is 11.9. The van der Waals surface area contributed by atoms with Crippen molar-refractivity contribution < 1.29 is 4.79 Å². The van der Waals surface area contributed by atoms with Gasteiger partial charge in [0, 0.05) is 12.1 Å². The van der Waals surface area contributed by atoms with Gasteiger partial charge < -0.3 is 10.2 Å². The number of carbonyl (C=O) groups is 1. The first-order chi connectivity index (χ1) is 8.80. The van der Waals surface area contributed by atoms with Gasteiger partial charge in [-0.3, -0.25) is 4.79 Å². The van der Waals surface area contributed by atoms with Gasteiger partial charge in [-0.15, -0.1) is 12.4 Å². The number of rotatable bonds is 5. The molecule has 1 aromatic rings. The number of nitrogens with zero attached hydrogens (tertiary/aromatic N) is 1. The van der Waals surface area contributed by atoms with Crippen LogP contribution in [0.4, 0.5) is 0 Å². The zero-order chi connectivity index (χ0) is 14.5. The molecular formula is C16H27ClN2O. The minimum atomic E-state index is 0. The summed E-state index contributed by atoms with van der Waals surface area (Å²) < 4.78 is 0. The second kappa shape index (κ2) is 8.28. The SMILES string of the molecule is CN(C)CCCNC(=O)c1ccc(C(C)(C)C)cc1.Cl. The predicted octanol–water partition coefficient (Wildman–Crippen LogP) is 3.09. The molecular weight excluding hydrogens is 272 g/mol. The van der Waals surface area contributed by atoms with Gasteiger partial charge in [0.05, 0.1) is 0 Å². The highest BCUT2D eigenvalue weighted by molar-refractivity contribution is 5.94. The highest BCUT2D eigenvalue weighted by Gasteiger charge is 2.14. The van der Waals surface area contributed by atoms with Gasteiger partial charge in [0.2, 0.25) is 0 Å². The van der Waals surface area contributed by atoms with E-state index < -0.39 is 0 Å². The monoisotopic (exact) mass is 298 g/mol. The Labute approximate surface area is 129 Å². The molecule has 0 fully saturated rings. The fourth-order valence-corrected chi connectivity index (χ4v) is 1.82. The van der Waals surface area contributed by atoms with Crippen molar-refractivity contribution in [2.24, 2.45) is 0 Å². The van der Waals surface area contributed by atoms with E-state index in [-0.39, 0.29) is 23.7 Å². The fraction of sp³-hybridized carbons (Fsp3) is 0.562. The first-order valence-corrected chi connectivity index (χ1v) is 6.84. The Morgan fingerprint density at radius 3 is 2.15 bits per heavy atom. The molecule has 1 amide bonds. The van der Waals surface area contributed by atoms with Crippen molar-refractivity contribution in [1.82, 2.24) is 10.2 Å². The Kier molecular flexibility index (Phi) is 7.84. The average Bonchev–Trinajstić information content (AvgIpc) is 2.33. The number of hydrogen-bond donors (Lipinski definition) is 1. The third kappa shape index (κ3) is 6.40. The summed E-state index contributed by atoms with van der Waals surface area (Å²) in [5, 5.41) is 2.95. The van der Waals surface area contributed by atoms with Crippen LogP contribution in [0.2, 0.25) is 0 Å². The normalized spacial score (nSPS) is 11.1. The summed E-state index contributed by atoms with van der Waals surface area (Å²) in [6, 6.07) is 7.88. The van der Waals surface area contributed by atoms with E-state index in [1.165, 1.54) is 5.56 Å². The molecule has 0 saturated carbocycles. The standard InChI is InChI=1S/C16H26N2O.ClH/c1-16(2,3)14-9-7-13(8-10-14)15(19)17-11-6-12-18(4)5;/h7-10H,6,11-12H2,1-5H3,(H,17,19);1H. The summed E-state index contributed by atoms with van der Waals surface area (Å²) in [5.41, 5.74) is 2.11. The van der Waals surface area contributed by atoms with Crippen molar-refractivity contribution in [2.45, 2.75) is 32.6 Å². The van der Waals surface area contributed by atoms with Gasteiger partial charge >= 0.3 is 0 Å². The van der Waals surface area contributed by atoms with Gasteiger partial charge in [-0.25, -0.2) is 0 Å². The van der Waals surface area contributed by atoms with Gasteiger partial charge in [-0.1, -0.05) is 32.9 Å². The maximum Gasteiger partial charge on any atom is 0.251 e. The minimum absolute atomic E-state index is 0. The van der Waals surface area contributed by atoms with Gasteiger partial charge in [0.25, 0.3) is 5.91 Å². The second-order valence-corrected chi connectivity index (χ2v) is 6.24. The fourth-order valence-electron chi connectivity index (χ4n) is 1.82. The van der Waals surface area contributed by atoms with Crippen LogP contribution in [0.25, 0.3) is 0 Å². The van der Waals surface area contributed by atoms with Gasteiger partial charge in [0.15, 0.2) is 0 Å². The zero-order valence-corrected chi connectivity index (χ0v) is 14.0. The Balaban J connectivity index is 0.00000361. The first-order valence-electron chi connectivity index (χ1n) is 6.84. The van der Waals surface area contributed by atoms with Crippen LogP contribution < -0.4 is 5.32 Å². The number of hydrogen-bond acceptors (Lipinski definition) is 2. The van der Waals surface area contributed by atoms with Crippen LogP contribution in [-0.2, 0) is 5.41 Å². The van der Waals surface area contributed by atoms with Crippen molar-refractivity contribution >= 4 is 18.3 Å². The van der Waals surface area contributed by atoms with Crippen LogP contribution in [0, 0.1) is 0 Å². The Morgan fingerprint density at radius 2 is 1.70 bits per heavy atom. The van der Waals surface area contributed by atoms with Crippen molar-refractivity contribution in [2.75, 3.05) is 27.2 Å². The Morgan fingerprint density at radius 1 is 1.15 bits per heavy atom. The van der Waals surface area contributed by atoms with Crippen LogP contribution in [0.5, 0.6) is 0 Å². The third-order valence-corrected chi connectivity index (χ3v) is 3.08. The van der Waals surface area contributed by atoms with Crippen molar-refractivity contribution in [3.05, 3.63) is 35.4 Å². The lowest BCUT2D eigenvalue weighted by atomic mass is 9.87. The summed E-state index contributed by atoms with van der Waals surface area (Å²) in [6.07, 6.45) is 0.971. The van der Waals surface area contributed by atoms with Crippen LogP contribution >= 0.6 is 12.4 Å². The molecule has 3 nitrogen and oxygen atoms in total. The molecule has 0 saturated heterocycles. The lowest BCUT2D eigenvalue weighted by molar-refractivity contribution is 0.0952. The van der Waals surface area contributed by atoms with E-state index >= 15 is 0 Å². The molecule has 1 aromatic carbocycles. The molecule has 20 heavy (non-hydrogen) atoms. The molecule has 0 bridgehead atoms. The van der Waals surface area contributed by atoms with Crippen molar-refractivity contribution in [1.29, 1.82) is 0 Å². The highest BCUT2D eigenvalue weighted by Crippen LogP contribution is 2.22. The average molecular weight is 299 g/mol. The number of nitrogens with one attached hydrogen (secondary N) is 1. The van der Waals surface area contributed by atoms with E-state index in [0.29, 0.717) is 0 Å². The molecule has 0 radical (unpaired) electrons. The van der Waals surface area contributed by atoms with Gasteiger partial charge in [-0.05, 0) is 50.2 Å². The Bertz CT molecular complexity index is 407. The third-order valence-electron chi connectivity index (χ3n) is 3.08. The smallest absolute Gasteiger partial charge is 0.251 e. The molecule has 0 aliphatic carbocycles. The number of benzene rings is 1. The van der Waals surface area contributed by atoms with E-state index in [9.17, 15) is 4.79 Å². The number of halogens is 1. The molecule has 0 aromatic heterocycles. The predicted molar refractivity (Wildman–Crippen MR) is 87.9 cm³/mol. The van der Waals surface area contributed by atoms with E-state index in [2.05, 4.69) is 31.0 Å². The summed E-state index contributed by atoms with van der Waals surface area (Å²) >= 11 is 0. The molecule has 0 unspecified atom stereocenters. The molecule has 0 aliphatic rings. The van der Waals surface area contributed by atoms with Crippen molar-refractivity contribution in [3.8, 4) is 0 Å². The molecule has 1 rings (SSSR count). The van der Waals surface area contributed by atoms with Crippen molar-refractivity contribution in [3.63, 3.8) is 0 Å². The Hall–Kier alpha value is -1.06. The lowest BCUT2D eigenvalue weighted by Gasteiger charge is -2.19.